The molecule has 0 spiro atoms. The third-order valence-electron chi connectivity index (χ3n) is 1.96. The zero-order valence-electron chi connectivity index (χ0n) is 6.60. The van der Waals surface area contributed by atoms with Crippen LogP contribution in [0.2, 0.25) is 0 Å². The molecule has 0 aromatic heterocycles. The predicted molar refractivity (Wildman–Crippen MR) is 53.9 cm³/mol. The van der Waals surface area contributed by atoms with Crippen LogP contribution in [-0.4, -0.2) is 22.3 Å². The van der Waals surface area contributed by atoms with E-state index in [-0.39, 0.29) is 22.4 Å². The van der Waals surface area contributed by atoms with Crippen molar-refractivity contribution in [2.45, 2.75) is 19.8 Å². The Bertz CT molecular complexity index is 140. The first kappa shape index (κ1) is 12.1. The number of nitrogens with zero attached hydrogens (tertiary/aromatic N) is 1. The molecule has 4 heteroatoms. The molecule has 1 fully saturated rings. The number of hydrogen-bond donors (Lipinski definition) is 0. The van der Waals surface area contributed by atoms with Gasteiger partial charge < -0.3 is 0 Å². The number of piperidine rings is 1. The van der Waals surface area contributed by atoms with E-state index in [1.807, 2.05) is 0 Å². The van der Waals surface area contributed by atoms with E-state index in [1.165, 1.54) is 12.8 Å². The Morgan fingerprint density at radius 1 is 1.64 bits per heavy atom. The molecular weight excluding hydrogens is 359 g/mol. The number of likely N-dealkylation sites (tertiary alicyclic amines) is 1. The molecule has 0 bridgehead atoms. The fraction of sp³-hybridized carbons (Fsp3) is 0.857. The van der Waals surface area contributed by atoms with E-state index in [4.69, 9.17) is 0 Å². The van der Waals surface area contributed by atoms with E-state index in [1.54, 1.807) is 0 Å². The van der Waals surface area contributed by atoms with Gasteiger partial charge in [0, 0.05) is 13.1 Å². The number of hydrogen-bond acceptors (Lipinski definition) is 0. The topological polar surface area (TPSA) is 3.24 Å². The first-order valence-electron chi connectivity index (χ1n) is 3.72. The molecule has 11 heavy (non-hydrogen) atoms. The summed E-state index contributed by atoms with van der Waals surface area (Å²) >= 11 is 7.66. The maximum absolute atomic E-state index is 4.24. The Labute approximate surface area is 94.8 Å². The van der Waals surface area contributed by atoms with Gasteiger partial charge in [0.15, 0.2) is 0 Å². The van der Waals surface area contributed by atoms with Crippen LogP contribution in [0.1, 0.15) is 19.8 Å². The minimum absolute atomic E-state index is 0. The second-order valence-corrected chi connectivity index (χ2v) is 4.34. The van der Waals surface area contributed by atoms with E-state index in [0.717, 1.165) is 23.3 Å². The van der Waals surface area contributed by atoms with Gasteiger partial charge in [0.2, 0.25) is 12.2 Å². The van der Waals surface area contributed by atoms with Gasteiger partial charge in [-0.2, -0.15) is 4.90 Å². The zero-order valence-corrected chi connectivity index (χ0v) is 10.7. The molecule has 0 aromatic carbocycles. The molecule has 1 aliphatic rings. The Kier molecular flexibility index (Phi) is 6.32. The smallest absolute Gasteiger partial charge is 0.183 e. The Hall–Kier alpha value is 1.14. The minimum atomic E-state index is 0. The normalized spacial score (nSPS) is 25.8. The summed E-state index contributed by atoms with van der Waals surface area (Å²) in [6.07, 6.45) is 2.67. The van der Waals surface area contributed by atoms with Crippen molar-refractivity contribution >= 4 is 29.2 Å². The Morgan fingerprint density at radius 3 is 2.64 bits per heavy atom. The maximum atomic E-state index is 4.24. The summed E-state index contributed by atoms with van der Waals surface area (Å²) in [6, 6.07) is 0. The molecule has 1 unspecified atom stereocenters. The van der Waals surface area contributed by atoms with Crippen LogP contribution >= 0.6 is 0 Å². The molecule has 68 valence electrons. The molecule has 1 saturated heterocycles. The van der Waals surface area contributed by atoms with Gasteiger partial charge in [-0.1, -0.05) is 6.92 Å². The SMILES string of the molecule is CC1CCCN(C(=[SH+])[SH2+])C1.[Au+]. The number of rotatable bonds is 0. The van der Waals surface area contributed by atoms with Crippen LogP contribution < -0.4 is 0 Å². The average molecular weight is 374 g/mol. The second kappa shape index (κ2) is 5.73. The van der Waals surface area contributed by atoms with Crippen LogP contribution in [0.4, 0.5) is 0 Å². The van der Waals surface area contributed by atoms with E-state index >= 15 is 0 Å². The molecule has 1 rings (SSSR count). The van der Waals surface area contributed by atoms with Crippen LogP contribution in [0.25, 0.3) is 0 Å². The van der Waals surface area contributed by atoms with Gasteiger partial charge in [0.1, 0.15) is 0 Å². The monoisotopic (exact) mass is 374 g/mol. The van der Waals surface area contributed by atoms with Gasteiger partial charge in [-0.25, -0.2) is 0 Å². The molecule has 0 N–H and O–H groups in total. The minimum Gasteiger partial charge on any atom is -0.183 e. The summed E-state index contributed by atoms with van der Waals surface area (Å²) in [4.78, 5) is 2.27. The van der Waals surface area contributed by atoms with Gasteiger partial charge in [0.25, 0.3) is 0 Å². The third kappa shape index (κ3) is 4.06. The Morgan fingerprint density at radius 2 is 2.27 bits per heavy atom. The van der Waals surface area contributed by atoms with Crippen molar-refractivity contribution in [3.63, 3.8) is 0 Å². The van der Waals surface area contributed by atoms with Crippen molar-refractivity contribution in [1.29, 1.82) is 0 Å². The third-order valence-corrected chi connectivity index (χ3v) is 2.56. The van der Waals surface area contributed by atoms with Crippen molar-refractivity contribution < 1.29 is 22.4 Å². The molecule has 0 saturated carbocycles. The van der Waals surface area contributed by atoms with Crippen molar-refractivity contribution in [2.75, 3.05) is 13.1 Å². The average Bonchev–Trinajstić information content (AvgIpc) is 1.88. The first-order chi connectivity index (χ1) is 4.70. The van der Waals surface area contributed by atoms with Crippen LogP contribution in [0, 0.1) is 5.92 Å². The molecule has 0 amide bonds. The number of thiol groups is 1. The summed E-state index contributed by atoms with van der Waals surface area (Å²) in [5, 5.41) is 0. The van der Waals surface area contributed by atoms with Crippen LogP contribution in [0.3, 0.4) is 0 Å². The van der Waals surface area contributed by atoms with E-state index in [2.05, 4.69) is 36.7 Å². The van der Waals surface area contributed by atoms with Gasteiger partial charge in [0.05, 0.1) is 12.6 Å². The summed E-state index contributed by atoms with van der Waals surface area (Å²) < 4.78 is 0.978. The standard InChI is InChI=1S/C7H13NS2.Au/c1-6-3-2-4-8(5-6)7(9)10;/h6H,2-5H2,1H3,(H,9,10);/q;+1/p+2. The molecule has 1 aliphatic heterocycles. The van der Waals surface area contributed by atoms with Crippen LogP contribution in [0.5, 0.6) is 0 Å². The van der Waals surface area contributed by atoms with Crippen LogP contribution in [-0.2, 0) is 47.2 Å². The van der Waals surface area contributed by atoms with Crippen molar-refractivity contribution in [2.24, 2.45) is 5.92 Å². The van der Waals surface area contributed by atoms with Gasteiger partial charge in [-0.05, 0) is 18.8 Å². The molecule has 0 radical (unpaired) electrons. The fourth-order valence-electron chi connectivity index (χ4n) is 1.38. The first-order valence-corrected chi connectivity index (χ1v) is 4.67. The molecular formula is C7H15AuNS2+3. The summed E-state index contributed by atoms with van der Waals surface area (Å²) in [7, 11) is 0. The largest absolute Gasteiger partial charge is 1.00 e. The summed E-state index contributed by atoms with van der Waals surface area (Å²) in [5.41, 5.74) is 0. The zero-order chi connectivity index (χ0) is 7.56. The van der Waals surface area contributed by atoms with Crippen molar-refractivity contribution in [3.8, 4) is 0 Å². The van der Waals surface area contributed by atoms with E-state index in [9.17, 15) is 0 Å². The Balaban J connectivity index is 0.000001000. The van der Waals surface area contributed by atoms with E-state index in [0.29, 0.717) is 0 Å². The van der Waals surface area contributed by atoms with Crippen LogP contribution in [0.15, 0.2) is 0 Å². The fourth-order valence-corrected chi connectivity index (χ4v) is 1.77. The summed E-state index contributed by atoms with van der Waals surface area (Å²) in [6.45, 7) is 4.60. The van der Waals surface area contributed by atoms with Gasteiger partial charge >= 0.3 is 26.7 Å². The van der Waals surface area contributed by atoms with Crippen molar-refractivity contribution in [1.82, 2.24) is 4.90 Å². The second-order valence-electron chi connectivity index (χ2n) is 3.02. The van der Waals surface area contributed by atoms with E-state index < -0.39 is 0 Å². The predicted octanol–water partition coefficient (Wildman–Crippen LogP) is 0.0939. The molecule has 1 atom stereocenters. The molecule has 0 aliphatic carbocycles. The summed E-state index contributed by atoms with van der Waals surface area (Å²) in [5.74, 6) is 0.826. The van der Waals surface area contributed by atoms with Gasteiger partial charge in [-0.3, -0.25) is 0 Å². The van der Waals surface area contributed by atoms with Crippen molar-refractivity contribution in [3.05, 3.63) is 0 Å². The molecule has 1 nitrogen and oxygen atoms in total. The molecule has 1 heterocycles. The quantitative estimate of drug-likeness (QED) is 0.252. The van der Waals surface area contributed by atoms with Gasteiger partial charge in [-0.15, -0.1) is 0 Å². The maximum Gasteiger partial charge on any atom is 1.00 e. The molecule has 0 aromatic rings.